The maximum atomic E-state index is 5.77. The fourth-order valence-corrected chi connectivity index (χ4v) is 2.13. The third-order valence-electron chi connectivity index (χ3n) is 2.70. The first-order valence-corrected chi connectivity index (χ1v) is 6.17. The molecule has 0 amide bonds. The van der Waals surface area contributed by atoms with E-state index in [9.17, 15) is 0 Å². The lowest BCUT2D eigenvalue weighted by Gasteiger charge is -2.02. The van der Waals surface area contributed by atoms with Crippen molar-refractivity contribution in [2.45, 2.75) is 6.92 Å². The van der Waals surface area contributed by atoms with E-state index in [4.69, 9.17) is 5.73 Å². The van der Waals surface area contributed by atoms with Crippen LogP contribution in [-0.2, 0) is 0 Å². The molecule has 0 radical (unpaired) electrons. The highest BCUT2D eigenvalue weighted by Crippen LogP contribution is 2.26. The van der Waals surface area contributed by atoms with Crippen molar-refractivity contribution in [3.05, 3.63) is 40.8 Å². The van der Waals surface area contributed by atoms with Gasteiger partial charge in [0.2, 0.25) is 0 Å². The lowest BCUT2D eigenvalue weighted by Crippen LogP contribution is -1.93. The first kappa shape index (κ1) is 11.2. The van der Waals surface area contributed by atoms with Gasteiger partial charge in [-0.1, -0.05) is 0 Å². The van der Waals surface area contributed by atoms with Gasteiger partial charge in [0.25, 0.3) is 0 Å². The first-order valence-electron chi connectivity index (χ1n) is 5.38. The van der Waals surface area contributed by atoms with Crippen LogP contribution >= 0.6 is 15.9 Å². The smallest absolute Gasteiger partial charge is 0.169 e. The summed E-state index contributed by atoms with van der Waals surface area (Å²) in [4.78, 5) is 4.25. The highest BCUT2D eigenvalue weighted by atomic mass is 79.9. The zero-order chi connectivity index (χ0) is 12.7. The van der Waals surface area contributed by atoms with Gasteiger partial charge in [-0.25, -0.2) is 4.98 Å². The van der Waals surface area contributed by atoms with Crippen LogP contribution in [0.3, 0.4) is 0 Å². The number of aromatic nitrogens is 4. The van der Waals surface area contributed by atoms with Crippen LogP contribution in [0.5, 0.6) is 0 Å². The Kier molecular flexibility index (Phi) is 2.52. The molecule has 0 spiro atoms. The number of aryl methyl sites for hydroxylation is 1. The fraction of sp³-hybridized carbons (Fsp3) is 0.0833. The van der Waals surface area contributed by atoms with Crippen molar-refractivity contribution in [3.63, 3.8) is 0 Å². The average molecular weight is 304 g/mol. The minimum absolute atomic E-state index is 0.696. The van der Waals surface area contributed by atoms with E-state index in [1.54, 1.807) is 6.33 Å². The first-order chi connectivity index (χ1) is 8.65. The summed E-state index contributed by atoms with van der Waals surface area (Å²) < 4.78 is 2.70. The van der Waals surface area contributed by atoms with Crippen molar-refractivity contribution >= 4 is 27.3 Å². The molecular formula is C12H10BrN5. The molecule has 0 saturated heterocycles. The number of hydrogen-bond acceptors (Lipinski definition) is 4. The molecule has 5 nitrogen and oxygen atoms in total. The molecule has 2 heterocycles. The van der Waals surface area contributed by atoms with Crippen molar-refractivity contribution < 1.29 is 0 Å². The largest absolute Gasteiger partial charge is 0.398 e. The molecule has 0 unspecified atom stereocenters. The van der Waals surface area contributed by atoms with Crippen molar-refractivity contribution in [1.82, 2.24) is 19.6 Å². The normalized spacial score (nSPS) is 11.0. The molecule has 0 aliphatic carbocycles. The summed E-state index contributed by atoms with van der Waals surface area (Å²) in [6.07, 6.45) is 1.73. The Morgan fingerprint density at radius 2 is 2.06 bits per heavy atom. The van der Waals surface area contributed by atoms with Gasteiger partial charge in [-0.3, -0.25) is 4.40 Å². The molecule has 0 fully saturated rings. The van der Waals surface area contributed by atoms with E-state index in [1.165, 1.54) is 0 Å². The number of hydrogen-bond donors (Lipinski definition) is 1. The zero-order valence-corrected chi connectivity index (χ0v) is 11.2. The monoisotopic (exact) mass is 303 g/mol. The van der Waals surface area contributed by atoms with E-state index in [-0.39, 0.29) is 0 Å². The average Bonchev–Trinajstić information content (AvgIpc) is 2.75. The SMILES string of the molecule is Cc1cc2nnc(-c3ccc(N)c(Br)c3)n2cn1. The second-order valence-electron chi connectivity index (χ2n) is 4.02. The number of halogens is 1. The van der Waals surface area contributed by atoms with Crippen molar-refractivity contribution in [2.24, 2.45) is 0 Å². The third-order valence-corrected chi connectivity index (χ3v) is 3.38. The van der Waals surface area contributed by atoms with Crippen LogP contribution in [0.15, 0.2) is 35.1 Å². The Labute approximate surface area is 112 Å². The van der Waals surface area contributed by atoms with Gasteiger partial charge in [-0.15, -0.1) is 10.2 Å². The number of benzene rings is 1. The topological polar surface area (TPSA) is 69.1 Å². The van der Waals surface area contributed by atoms with Gasteiger partial charge in [-0.2, -0.15) is 0 Å². The number of anilines is 1. The Morgan fingerprint density at radius 1 is 1.22 bits per heavy atom. The number of nitrogen functional groups attached to an aromatic ring is 1. The van der Waals surface area contributed by atoms with Gasteiger partial charge in [0.05, 0.1) is 0 Å². The molecule has 2 N–H and O–H groups in total. The molecular weight excluding hydrogens is 294 g/mol. The van der Waals surface area contributed by atoms with E-state index in [0.717, 1.165) is 27.2 Å². The van der Waals surface area contributed by atoms with E-state index < -0.39 is 0 Å². The molecule has 0 aliphatic heterocycles. The highest BCUT2D eigenvalue weighted by Gasteiger charge is 2.09. The maximum absolute atomic E-state index is 5.77. The van der Waals surface area contributed by atoms with Gasteiger partial charge in [0.1, 0.15) is 6.33 Å². The van der Waals surface area contributed by atoms with Crippen LogP contribution in [0.4, 0.5) is 5.69 Å². The van der Waals surface area contributed by atoms with Crippen molar-refractivity contribution in [2.75, 3.05) is 5.73 Å². The van der Waals surface area contributed by atoms with Gasteiger partial charge >= 0.3 is 0 Å². The van der Waals surface area contributed by atoms with Crippen LogP contribution in [0, 0.1) is 6.92 Å². The summed E-state index contributed by atoms with van der Waals surface area (Å²) >= 11 is 3.41. The number of rotatable bonds is 1. The lowest BCUT2D eigenvalue weighted by molar-refractivity contribution is 1.05. The third kappa shape index (κ3) is 1.74. The maximum Gasteiger partial charge on any atom is 0.169 e. The molecule has 0 saturated carbocycles. The molecule has 90 valence electrons. The minimum Gasteiger partial charge on any atom is -0.398 e. The van der Waals surface area contributed by atoms with Gasteiger partial charge in [-0.05, 0) is 41.1 Å². The Bertz CT molecular complexity index is 734. The quantitative estimate of drug-likeness (QED) is 0.701. The standard InChI is InChI=1S/C12H10BrN5/c1-7-4-11-16-17-12(18(11)6-15-7)8-2-3-10(14)9(13)5-8/h2-6H,14H2,1H3. The van der Waals surface area contributed by atoms with E-state index in [1.807, 2.05) is 35.6 Å². The summed E-state index contributed by atoms with van der Waals surface area (Å²) in [5.41, 5.74) is 9.11. The summed E-state index contributed by atoms with van der Waals surface area (Å²) in [7, 11) is 0. The van der Waals surface area contributed by atoms with Crippen LogP contribution < -0.4 is 5.73 Å². The molecule has 2 aromatic heterocycles. The predicted octanol–water partition coefficient (Wildman–Crippen LogP) is 2.44. The lowest BCUT2D eigenvalue weighted by atomic mass is 10.2. The Morgan fingerprint density at radius 3 is 2.83 bits per heavy atom. The number of nitrogens with zero attached hydrogens (tertiary/aromatic N) is 4. The second-order valence-corrected chi connectivity index (χ2v) is 4.87. The van der Waals surface area contributed by atoms with Crippen molar-refractivity contribution in [1.29, 1.82) is 0 Å². The molecule has 3 rings (SSSR count). The second kappa shape index (κ2) is 4.06. The number of nitrogens with two attached hydrogens (primary N) is 1. The van der Waals surface area contributed by atoms with Crippen LogP contribution in [0.1, 0.15) is 5.69 Å². The van der Waals surface area contributed by atoms with Crippen LogP contribution in [0.25, 0.3) is 17.0 Å². The predicted molar refractivity (Wildman–Crippen MR) is 73.1 cm³/mol. The molecule has 18 heavy (non-hydrogen) atoms. The number of fused-ring (bicyclic) bond motifs is 1. The molecule has 1 aromatic carbocycles. The van der Waals surface area contributed by atoms with E-state index >= 15 is 0 Å². The molecule has 3 aromatic rings. The summed E-state index contributed by atoms with van der Waals surface area (Å²) in [5.74, 6) is 0.748. The van der Waals surface area contributed by atoms with Crippen molar-refractivity contribution in [3.8, 4) is 11.4 Å². The van der Waals surface area contributed by atoms with E-state index in [2.05, 4.69) is 31.1 Å². The summed E-state index contributed by atoms with van der Waals surface area (Å²) in [6.45, 7) is 1.92. The highest BCUT2D eigenvalue weighted by molar-refractivity contribution is 9.10. The van der Waals surface area contributed by atoms with Gasteiger partial charge in [0, 0.05) is 27.5 Å². The van der Waals surface area contributed by atoms with Crippen LogP contribution in [0.2, 0.25) is 0 Å². The van der Waals surface area contributed by atoms with E-state index in [0.29, 0.717) is 5.69 Å². The fourth-order valence-electron chi connectivity index (χ4n) is 1.75. The molecule has 0 aliphatic rings. The van der Waals surface area contributed by atoms with Gasteiger partial charge in [0.15, 0.2) is 11.5 Å². The Balaban J connectivity index is 2.22. The minimum atomic E-state index is 0.696. The van der Waals surface area contributed by atoms with Gasteiger partial charge < -0.3 is 5.73 Å². The summed E-state index contributed by atoms with van der Waals surface area (Å²) in [5, 5.41) is 8.32. The zero-order valence-electron chi connectivity index (χ0n) is 9.63. The van der Waals surface area contributed by atoms with Crippen LogP contribution in [-0.4, -0.2) is 19.6 Å². The summed E-state index contributed by atoms with van der Waals surface area (Å²) in [6, 6.07) is 7.56. The molecule has 6 heteroatoms. The molecule has 0 atom stereocenters. The molecule has 0 bridgehead atoms. The Hall–Kier alpha value is -1.95.